The van der Waals surface area contributed by atoms with Crippen molar-refractivity contribution in [2.75, 3.05) is 13.7 Å². The van der Waals surface area contributed by atoms with Gasteiger partial charge in [0.1, 0.15) is 18.1 Å². The first-order valence-corrected chi connectivity index (χ1v) is 12.2. The number of fused-ring (bicyclic) bond motifs is 1. The van der Waals surface area contributed by atoms with Gasteiger partial charge in [-0.15, -0.1) is 6.42 Å². The van der Waals surface area contributed by atoms with Crippen LogP contribution >= 0.6 is 15.9 Å². The number of aryl methyl sites for hydroxylation is 1. The van der Waals surface area contributed by atoms with Gasteiger partial charge in [0.2, 0.25) is 0 Å². The molecule has 0 bridgehead atoms. The Morgan fingerprint density at radius 2 is 1.94 bits per heavy atom. The highest BCUT2D eigenvalue weighted by molar-refractivity contribution is 9.10. The summed E-state index contributed by atoms with van der Waals surface area (Å²) in [5.41, 5.74) is 3.74. The summed E-state index contributed by atoms with van der Waals surface area (Å²) in [5, 5.41) is 5.08. The first-order chi connectivity index (χ1) is 17.3. The van der Waals surface area contributed by atoms with Crippen LogP contribution in [0, 0.1) is 19.3 Å². The molecule has 0 saturated heterocycles. The number of methoxy groups -OCH3 is 1. The number of rotatable bonds is 7. The second-order valence-corrected chi connectivity index (χ2v) is 9.47. The molecule has 36 heavy (non-hydrogen) atoms. The van der Waals surface area contributed by atoms with Crippen molar-refractivity contribution in [2.45, 2.75) is 26.7 Å². The maximum atomic E-state index is 13.6. The monoisotopic (exact) mass is 543 g/mol. The topological polar surface area (TPSA) is 65.7 Å². The number of nitrogens with zero attached hydrogens (tertiary/aromatic N) is 3. The highest BCUT2D eigenvalue weighted by Gasteiger charge is 2.18. The number of para-hydroxylation sites is 1. The Morgan fingerprint density at radius 1 is 1.17 bits per heavy atom. The number of hydrogen-bond acceptors (Lipinski definition) is 5. The molecule has 0 saturated carbocycles. The van der Waals surface area contributed by atoms with Gasteiger partial charge >= 0.3 is 0 Å². The Hall–Kier alpha value is -3.89. The van der Waals surface area contributed by atoms with E-state index in [4.69, 9.17) is 20.9 Å². The molecule has 1 aromatic heterocycles. The van der Waals surface area contributed by atoms with Crippen LogP contribution in [0.4, 0.5) is 0 Å². The van der Waals surface area contributed by atoms with Gasteiger partial charge in [-0.05, 0) is 66.4 Å². The lowest BCUT2D eigenvalue weighted by atomic mass is 9.96. The smallest absolute Gasteiger partial charge is 0.282 e. The number of benzene rings is 3. The van der Waals surface area contributed by atoms with E-state index >= 15 is 0 Å². The molecular weight excluding hydrogens is 518 g/mol. The van der Waals surface area contributed by atoms with Gasteiger partial charge in [0, 0.05) is 15.6 Å². The fourth-order valence-electron chi connectivity index (χ4n) is 3.96. The molecule has 182 valence electrons. The van der Waals surface area contributed by atoms with Crippen LogP contribution in [0.2, 0.25) is 0 Å². The lowest BCUT2D eigenvalue weighted by Gasteiger charge is -2.17. The second kappa shape index (κ2) is 10.8. The highest BCUT2D eigenvalue weighted by atomic mass is 79.9. The van der Waals surface area contributed by atoms with Crippen LogP contribution in [0.25, 0.3) is 22.3 Å². The molecule has 0 spiro atoms. The molecule has 0 aliphatic carbocycles. The summed E-state index contributed by atoms with van der Waals surface area (Å²) in [6, 6.07) is 16.8. The normalized spacial score (nSPS) is 11.2. The average Bonchev–Trinajstić information content (AvgIpc) is 2.87. The molecular formula is C29H26BrN3O3. The lowest BCUT2D eigenvalue weighted by Crippen LogP contribution is -2.21. The molecule has 1 heterocycles. The van der Waals surface area contributed by atoms with Crippen LogP contribution in [-0.4, -0.2) is 29.6 Å². The minimum Gasteiger partial charge on any atom is -0.496 e. The largest absolute Gasteiger partial charge is 0.496 e. The fourth-order valence-corrected chi connectivity index (χ4v) is 4.34. The van der Waals surface area contributed by atoms with Crippen molar-refractivity contribution in [3.8, 4) is 35.2 Å². The fraction of sp³-hybridized carbons (Fsp3) is 0.207. The number of terminal acetylenes is 1. The van der Waals surface area contributed by atoms with Crippen molar-refractivity contribution in [1.29, 1.82) is 0 Å². The van der Waals surface area contributed by atoms with Gasteiger partial charge in [-0.2, -0.15) is 9.78 Å². The molecule has 0 aliphatic heterocycles. The van der Waals surface area contributed by atoms with E-state index < -0.39 is 0 Å². The highest BCUT2D eigenvalue weighted by Crippen LogP contribution is 2.34. The van der Waals surface area contributed by atoms with Gasteiger partial charge in [0.15, 0.2) is 5.82 Å². The Morgan fingerprint density at radius 3 is 2.67 bits per heavy atom. The third-order valence-electron chi connectivity index (χ3n) is 5.79. The van der Waals surface area contributed by atoms with E-state index in [1.54, 1.807) is 25.5 Å². The maximum Gasteiger partial charge on any atom is 0.282 e. The van der Waals surface area contributed by atoms with Gasteiger partial charge in [-0.1, -0.05) is 47.8 Å². The van der Waals surface area contributed by atoms with Crippen molar-refractivity contribution in [2.24, 2.45) is 5.10 Å². The zero-order valence-electron chi connectivity index (χ0n) is 20.6. The molecule has 0 radical (unpaired) electrons. The van der Waals surface area contributed by atoms with Crippen molar-refractivity contribution >= 4 is 33.0 Å². The van der Waals surface area contributed by atoms with Crippen LogP contribution in [0.1, 0.15) is 36.5 Å². The molecule has 6 nitrogen and oxygen atoms in total. The van der Waals surface area contributed by atoms with E-state index in [-0.39, 0.29) is 18.1 Å². The summed E-state index contributed by atoms with van der Waals surface area (Å²) in [7, 11) is 1.66. The minimum absolute atomic E-state index is 0.119. The Labute approximate surface area is 218 Å². The quantitative estimate of drug-likeness (QED) is 0.207. The molecule has 7 heteroatoms. The second-order valence-electron chi connectivity index (χ2n) is 8.55. The summed E-state index contributed by atoms with van der Waals surface area (Å²) in [6.45, 7) is 6.29. The molecule has 0 unspecified atom stereocenters. The summed E-state index contributed by atoms with van der Waals surface area (Å²) in [4.78, 5) is 18.5. The van der Waals surface area contributed by atoms with E-state index in [1.165, 1.54) is 4.68 Å². The summed E-state index contributed by atoms with van der Waals surface area (Å²) < 4.78 is 13.5. The molecule has 0 aliphatic rings. The van der Waals surface area contributed by atoms with E-state index in [0.29, 0.717) is 28.0 Å². The van der Waals surface area contributed by atoms with Crippen molar-refractivity contribution in [3.63, 3.8) is 0 Å². The van der Waals surface area contributed by atoms with Crippen molar-refractivity contribution in [1.82, 2.24) is 9.66 Å². The van der Waals surface area contributed by atoms with Crippen LogP contribution in [0.3, 0.4) is 0 Å². The molecule has 4 aromatic rings. The predicted molar refractivity (Wildman–Crippen MR) is 148 cm³/mol. The SMILES string of the molecule is C#CCOc1ccc(Br)cc1C=Nn1c(-c2cc(C(C)C)c(OC)cc2C)nc2ccccc2c1=O. The Balaban J connectivity index is 1.97. The third-order valence-corrected chi connectivity index (χ3v) is 6.28. The van der Waals surface area contributed by atoms with E-state index in [1.807, 2.05) is 49.4 Å². The zero-order chi connectivity index (χ0) is 25.8. The predicted octanol–water partition coefficient (Wildman–Crippen LogP) is 6.16. The van der Waals surface area contributed by atoms with Gasteiger partial charge < -0.3 is 9.47 Å². The van der Waals surface area contributed by atoms with Crippen molar-refractivity contribution in [3.05, 3.63) is 86.1 Å². The van der Waals surface area contributed by atoms with E-state index in [9.17, 15) is 4.79 Å². The standard InChI is InChI=1S/C29H26BrN3O3/c1-6-13-36-26-12-11-21(30)15-20(26)17-31-33-28(32-25-10-8-7-9-22(25)29(33)34)24-16-23(18(2)3)27(35-5)14-19(24)4/h1,7-12,14-18H,13H2,2-5H3. The molecule has 0 N–H and O–H groups in total. The zero-order valence-corrected chi connectivity index (χ0v) is 22.2. The van der Waals surface area contributed by atoms with Crippen LogP contribution in [0.5, 0.6) is 11.5 Å². The first kappa shape index (κ1) is 25.2. The van der Waals surface area contributed by atoms with Crippen LogP contribution < -0.4 is 15.0 Å². The number of halogens is 1. The minimum atomic E-state index is -0.269. The number of aromatic nitrogens is 2. The van der Waals surface area contributed by atoms with E-state index in [0.717, 1.165) is 26.9 Å². The summed E-state index contributed by atoms with van der Waals surface area (Å²) >= 11 is 3.48. The lowest BCUT2D eigenvalue weighted by molar-refractivity contribution is 0.370. The molecule has 3 aromatic carbocycles. The van der Waals surface area contributed by atoms with Gasteiger partial charge in [-0.25, -0.2) is 4.98 Å². The maximum absolute atomic E-state index is 13.6. The molecule has 0 fully saturated rings. The van der Waals surface area contributed by atoms with E-state index in [2.05, 4.69) is 40.8 Å². The number of hydrogen-bond donors (Lipinski definition) is 0. The van der Waals surface area contributed by atoms with Gasteiger partial charge in [0.25, 0.3) is 5.56 Å². The third kappa shape index (κ3) is 5.05. The summed E-state index contributed by atoms with van der Waals surface area (Å²) in [5.74, 6) is 4.48. The number of ether oxygens (including phenoxy) is 2. The van der Waals surface area contributed by atoms with Crippen LogP contribution in [-0.2, 0) is 0 Å². The van der Waals surface area contributed by atoms with Crippen LogP contribution in [0.15, 0.2) is 69.0 Å². The molecule has 4 rings (SSSR count). The average molecular weight is 544 g/mol. The van der Waals surface area contributed by atoms with Gasteiger partial charge in [0.05, 0.1) is 24.2 Å². The Kier molecular flexibility index (Phi) is 7.56. The Bertz CT molecular complexity index is 1570. The van der Waals surface area contributed by atoms with Crippen molar-refractivity contribution < 1.29 is 9.47 Å². The van der Waals surface area contributed by atoms with Gasteiger partial charge in [-0.3, -0.25) is 4.79 Å². The summed E-state index contributed by atoms with van der Waals surface area (Å²) in [6.07, 6.45) is 6.95. The molecule has 0 amide bonds. The molecule has 0 atom stereocenters. The first-order valence-electron chi connectivity index (χ1n) is 11.4.